The van der Waals surface area contributed by atoms with E-state index in [2.05, 4.69) is 10.6 Å². The maximum atomic E-state index is 11.7. The summed E-state index contributed by atoms with van der Waals surface area (Å²) in [5, 5.41) is 17.1. The van der Waals surface area contributed by atoms with Crippen molar-refractivity contribution in [3.63, 3.8) is 0 Å². The Balaban J connectivity index is 2.02. The molecule has 5 heteroatoms. The number of hydrogen-bond donors (Lipinski definition) is 2. The molecule has 0 aromatic carbocycles. The van der Waals surface area contributed by atoms with Gasteiger partial charge in [0, 0.05) is 0 Å². The van der Waals surface area contributed by atoms with Gasteiger partial charge in [-0.05, 0) is 30.8 Å². The molecule has 1 saturated heterocycles. The summed E-state index contributed by atoms with van der Waals surface area (Å²) < 4.78 is 0. The number of carbonyl (C=O) groups is 1. The lowest BCUT2D eigenvalue weighted by atomic mass is 10.2. The molecule has 1 aliphatic rings. The molecular weight excluding hydrogens is 210 g/mol. The second-order valence-electron chi connectivity index (χ2n) is 3.41. The molecule has 15 heavy (non-hydrogen) atoms. The molecule has 0 aliphatic carbocycles. The Labute approximate surface area is 91.9 Å². The number of amides is 1. The van der Waals surface area contributed by atoms with Gasteiger partial charge in [-0.3, -0.25) is 4.79 Å². The Bertz CT molecular complexity index is 401. The zero-order valence-electron chi connectivity index (χ0n) is 8.12. The van der Waals surface area contributed by atoms with Gasteiger partial charge in [-0.15, -0.1) is 11.3 Å². The number of rotatable bonds is 2. The zero-order valence-corrected chi connectivity index (χ0v) is 8.93. The molecule has 2 N–H and O–H groups in total. The maximum Gasteiger partial charge on any atom is 0.242 e. The first-order valence-electron chi connectivity index (χ1n) is 4.83. The lowest BCUT2D eigenvalue weighted by Crippen LogP contribution is -2.35. The number of anilines is 1. The van der Waals surface area contributed by atoms with Crippen LogP contribution in [0.15, 0.2) is 11.4 Å². The van der Waals surface area contributed by atoms with Crippen molar-refractivity contribution in [2.45, 2.75) is 18.9 Å². The average molecular weight is 221 g/mol. The number of carbonyl (C=O) groups excluding carboxylic acids is 1. The van der Waals surface area contributed by atoms with Crippen LogP contribution in [0.4, 0.5) is 5.00 Å². The van der Waals surface area contributed by atoms with Crippen molar-refractivity contribution in [3.8, 4) is 6.07 Å². The highest BCUT2D eigenvalue weighted by atomic mass is 32.1. The fraction of sp³-hybridized carbons (Fsp3) is 0.400. The molecular formula is C10H11N3OS. The van der Waals surface area contributed by atoms with Crippen molar-refractivity contribution in [2.75, 3.05) is 11.9 Å². The largest absolute Gasteiger partial charge is 0.315 e. The first-order chi connectivity index (χ1) is 7.31. The smallest absolute Gasteiger partial charge is 0.242 e. The third kappa shape index (κ3) is 2.17. The number of thiophene rings is 1. The van der Waals surface area contributed by atoms with Crippen LogP contribution in [0.2, 0.25) is 0 Å². The molecule has 4 nitrogen and oxygen atoms in total. The predicted octanol–water partition coefficient (Wildman–Crippen LogP) is 1.31. The van der Waals surface area contributed by atoms with Crippen molar-refractivity contribution in [1.29, 1.82) is 5.26 Å². The van der Waals surface area contributed by atoms with Gasteiger partial charge in [-0.2, -0.15) is 5.26 Å². The number of hydrogen-bond acceptors (Lipinski definition) is 4. The van der Waals surface area contributed by atoms with Crippen molar-refractivity contribution >= 4 is 22.2 Å². The summed E-state index contributed by atoms with van der Waals surface area (Å²) in [6, 6.07) is 3.66. The van der Waals surface area contributed by atoms with Crippen LogP contribution in [0.5, 0.6) is 0 Å². The molecule has 1 aromatic heterocycles. The summed E-state index contributed by atoms with van der Waals surface area (Å²) in [6.07, 6.45) is 1.91. The van der Waals surface area contributed by atoms with E-state index in [1.807, 2.05) is 6.07 Å². The highest BCUT2D eigenvalue weighted by Crippen LogP contribution is 2.22. The summed E-state index contributed by atoms with van der Waals surface area (Å²) in [5.41, 5.74) is 0.534. The number of nitrogens with one attached hydrogen (secondary N) is 2. The molecule has 1 fully saturated rings. The lowest BCUT2D eigenvalue weighted by molar-refractivity contribution is -0.117. The van der Waals surface area contributed by atoms with Crippen LogP contribution in [-0.2, 0) is 4.79 Å². The van der Waals surface area contributed by atoms with Crippen molar-refractivity contribution < 1.29 is 4.79 Å². The van der Waals surface area contributed by atoms with E-state index in [0.717, 1.165) is 19.4 Å². The van der Waals surface area contributed by atoms with E-state index in [1.165, 1.54) is 11.3 Å². The predicted molar refractivity (Wildman–Crippen MR) is 58.7 cm³/mol. The number of nitrogens with zero attached hydrogens (tertiary/aromatic N) is 1. The molecule has 2 heterocycles. The molecule has 78 valence electrons. The van der Waals surface area contributed by atoms with Gasteiger partial charge in [-0.1, -0.05) is 0 Å². The van der Waals surface area contributed by atoms with Gasteiger partial charge in [0.25, 0.3) is 0 Å². The molecule has 0 spiro atoms. The monoisotopic (exact) mass is 221 g/mol. The van der Waals surface area contributed by atoms with E-state index in [0.29, 0.717) is 10.6 Å². The van der Waals surface area contributed by atoms with E-state index < -0.39 is 0 Å². The molecule has 1 amide bonds. The highest BCUT2D eigenvalue weighted by Gasteiger charge is 2.22. The molecule has 1 aliphatic heterocycles. The summed E-state index contributed by atoms with van der Waals surface area (Å²) in [6.45, 7) is 0.896. The van der Waals surface area contributed by atoms with Crippen LogP contribution in [-0.4, -0.2) is 18.5 Å². The summed E-state index contributed by atoms with van der Waals surface area (Å²) in [4.78, 5) is 11.7. The standard InChI is InChI=1S/C10H11N3OS/c11-6-7-3-5-15-10(7)13-9(14)8-2-1-4-12-8/h3,5,8,12H,1-2,4H2,(H,13,14). The minimum atomic E-state index is -0.0985. The Morgan fingerprint density at radius 1 is 1.73 bits per heavy atom. The van der Waals surface area contributed by atoms with E-state index in [4.69, 9.17) is 5.26 Å². The van der Waals surface area contributed by atoms with Gasteiger partial charge in [0.2, 0.25) is 5.91 Å². The lowest BCUT2D eigenvalue weighted by Gasteiger charge is -2.09. The van der Waals surface area contributed by atoms with Crippen LogP contribution < -0.4 is 10.6 Å². The molecule has 2 rings (SSSR count). The summed E-state index contributed by atoms with van der Waals surface area (Å²) in [5.74, 6) is -0.0357. The van der Waals surface area contributed by atoms with Crippen molar-refractivity contribution in [3.05, 3.63) is 17.0 Å². The van der Waals surface area contributed by atoms with E-state index in [-0.39, 0.29) is 11.9 Å². The van der Waals surface area contributed by atoms with Crippen LogP contribution in [0.3, 0.4) is 0 Å². The van der Waals surface area contributed by atoms with Gasteiger partial charge in [0.05, 0.1) is 11.6 Å². The third-order valence-corrected chi connectivity index (χ3v) is 3.23. The highest BCUT2D eigenvalue weighted by molar-refractivity contribution is 7.14. The van der Waals surface area contributed by atoms with Crippen LogP contribution in [0.25, 0.3) is 0 Å². The Morgan fingerprint density at radius 3 is 3.27 bits per heavy atom. The fourth-order valence-electron chi connectivity index (χ4n) is 1.60. The van der Waals surface area contributed by atoms with Crippen LogP contribution >= 0.6 is 11.3 Å². The van der Waals surface area contributed by atoms with E-state index >= 15 is 0 Å². The molecule has 1 aromatic rings. The minimum absolute atomic E-state index is 0.0357. The third-order valence-electron chi connectivity index (χ3n) is 2.40. The molecule has 0 saturated carbocycles. The quantitative estimate of drug-likeness (QED) is 0.791. The Kier molecular flexibility index (Phi) is 2.99. The fourth-order valence-corrected chi connectivity index (χ4v) is 2.34. The molecule has 1 unspecified atom stereocenters. The first-order valence-corrected chi connectivity index (χ1v) is 5.71. The van der Waals surface area contributed by atoms with Gasteiger partial charge < -0.3 is 10.6 Å². The van der Waals surface area contributed by atoms with E-state index in [9.17, 15) is 4.79 Å². The van der Waals surface area contributed by atoms with Gasteiger partial charge >= 0.3 is 0 Å². The Morgan fingerprint density at radius 2 is 2.60 bits per heavy atom. The SMILES string of the molecule is N#Cc1ccsc1NC(=O)C1CCCN1. The van der Waals surface area contributed by atoms with Crippen molar-refractivity contribution in [2.24, 2.45) is 0 Å². The van der Waals surface area contributed by atoms with E-state index in [1.54, 1.807) is 11.4 Å². The topological polar surface area (TPSA) is 64.9 Å². The number of nitriles is 1. The summed E-state index contributed by atoms with van der Waals surface area (Å²) >= 11 is 1.38. The first kappa shape index (κ1) is 10.1. The molecule has 0 bridgehead atoms. The molecule has 0 radical (unpaired) electrons. The molecule has 1 atom stereocenters. The Hall–Kier alpha value is -1.38. The maximum absolute atomic E-state index is 11.7. The average Bonchev–Trinajstić information content (AvgIpc) is 2.87. The second-order valence-corrected chi connectivity index (χ2v) is 4.33. The normalized spacial score (nSPS) is 19.8. The van der Waals surface area contributed by atoms with Crippen LogP contribution in [0, 0.1) is 11.3 Å². The minimum Gasteiger partial charge on any atom is -0.315 e. The summed E-state index contributed by atoms with van der Waals surface area (Å²) in [7, 11) is 0. The van der Waals surface area contributed by atoms with Crippen molar-refractivity contribution in [1.82, 2.24) is 5.32 Å². The van der Waals surface area contributed by atoms with Gasteiger partial charge in [-0.25, -0.2) is 0 Å². The van der Waals surface area contributed by atoms with Crippen LogP contribution in [0.1, 0.15) is 18.4 Å². The van der Waals surface area contributed by atoms with Gasteiger partial charge in [0.15, 0.2) is 0 Å². The zero-order chi connectivity index (χ0) is 10.7. The van der Waals surface area contributed by atoms with Gasteiger partial charge in [0.1, 0.15) is 11.1 Å². The second kappa shape index (κ2) is 4.43.